The number of hydrogen-bond acceptors (Lipinski definition) is 3. The zero-order chi connectivity index (χ0) is 8.97. The van der Waals surface area contributed by atoms with E-state index in [1.165, 1.54) is 12.1 Å². The third kappa shape index (κ3) is 1.73. The number of hydrogen-bond donors (Lipinski definition) is 1. The first-order valence-electron chi connectivity index (χ1n) is 3.44. The van der Waals surface area contributed by atoms with Gasteiger partial charge in [-0.1, -0.05) is 12.1 Å². The first-order valence-corrected chi connectivity index (χ1v) is 3.44. The minimum Gasteiger partial charge on any atom is -0.326 e. The minimum absolute atomic E-state index is 0.294. The van der Waals surface area contributed by atoms with Gasteiger partial charge in [0, 0.05) is 17.3 Å². The molecule has 1 amide bonds. The van der Waals surface area contributed by atoms with Gasteiger partial charge in [0.2, 0.25) is 0 Å². The predicted molar refractivity (Wildman–Crippen MR) is 44.5 cm³/mol. The van der Waals surface area contributed by atoms with Crippen LogP contribution in [0, 0.1) is 4.91 Å². The molecule has 0 spiro atoms. The third-order valence-corrected chi connectivity index (χ3v) is 1.52. The molecule has 0 aliphatic rings. The van der Waals surface area contributed by atoms with Gasteiger partial charge in [0.25, 0.3) is 0 Å². The molecular formula is C8H8N2O2. The molecule has 12 heavy (non-hydrogen) atoms. The third-order valence-electron chi connectivity index (χ3n) is 1.52. The Morgan fingerprint density at radius 2 is 1.92 bits per heavy atom. The number of carbonyl (C=O) groups excluding carboxylic acids is 1. The highest BCUT2D eigenvalue weighted by molar-refractivity contribution is 5.94. The molecule has 0 fully saturated rings. The second kappa shape index (κ2) is 3.73. The predicted octanol–water partition coefficient (Wildman–Crippen LogP) is 1.05. The minimum atomic E-state index is -0.751. The number of rotatable bonds is 2. The second-order valence-electron chi connectivity index (χ2n) is 2.30. The number of benzene rings is 1. The van der Waals surface area contributed by atoms with E-state index in [1.54, 1.807) is 12.1 Å². The van der Waals surface area contributed by atoms with Crippen molar-refractivity contribution in [1.82, 2.24) is 0 Å². The molecule has 4 nitrogen and oxygen atoms in total. The molecule has 2 N–H and O–H groups in total. The number of nitrogens with two attached hydrogens (primary N) is 1. The molecule has 1 rings (SSSR count). The average molecular weight is 164 g/mol. The Hall–Kier alpha value is -1.55. The number of nitroso groups, excluding NO2 is 1. The van der Waals surface area contributed by atoms with Crippen LogP contribution in [0.2, 0.25) is 0 Å². The molecule has 0 heterocycles. The van der Waals surface area contributed by atoms with E-state index in [9.17, 15) is 9.70 Å². The van der Waals surface area contributed by atoms with Gasteiger partial charge in [-0.3, -0.25) is 4.79 Å². The van der Waals surface area contributed by atoms with Crippen LogP contribution in [0.1, 0.15) is 15.9 Å². The molecule has 0 bridgehead atoms. The van der Waals surface area contributed by atoms with E-state index < -0.39 is 5.91 Å². The lowest BCUT2D eigenvalue weighted by Gasteiger charge is -1.95. The SMILES string of the molecule is NCc1ccc(C(=O)N=O)cc1. The van der Waals surface area contributed by atoms with Crippen LogP contribution in [0.5, 0.6) is 0 Å². The quantitative estimate of drug-likeness (QED) is 0.664. The fraction of sp³-hybridized carbons (Fsp3) is 0.125. The molecular weight excluding hydrogens is 156 g/mol. The Kier molecular flexibility index (Phi) is 2.66. The van der Waals surface area contributed by atoms with E-state index in [0.717, 1.165) is 5.56 Å². The maximum Gasteiger partial charge on any atom is 0.316 e. The summed E-state index contributed by atoms with van der Waals surface area (Å²) in [6.45, 7) is 0.420. The first kappa shape index (κ1) is 8.55. The van der Waals surface area contributed by atoms with Crippen LogP contribution in [0.15, 0.2) is 29.4 Å². The summed E-state index contributed by atoms with van der Waals surface area (Å²) < 4.78 is 0. The van der Waals surface area contributed by atoms with Crippen molar-refractivity contribution in [3.8, 4) is 0 Å². The van der Waals surface area contributed by atoms with Crippen molar-refractivity contribution in [1.29, 1.82) is 0 Å². The number of carbonyl (C=O) groups is 1. The Labute approximate surface area is 69.4 Å². The molecule has 0 atom stereocenters. The highest BCUT2D eigenvalue weighted by atomic mass is 16.3. The zero-order valence-corrected chi connectivity index (χ0v) is 6.36. The Morgan fingerprint density at radius 3 is 2.33 bits per heavy atom. The van der Waals surface area contributed by atoms with Gasteiger partial charge in [0.05, 0.1) is 0 Å². The summed E-state index contributed by atoms with van der Waals surface area (Å²) in [7, 11) is 0. The van der Waals surface area contributed by atoms with Gasteiger partial charge in [-0.2, -0.15) is 0 Å². The molecule has 0 aliphatic heterocycles. The Bertz CT molecular complexity index is 292. The topological polar surface area (TPSA) is 72.5 Å². The standard InChI is InChI=1S/C8H8N2O2/c9-5-6-1-3-7(4-2-6)8(11)10-12/h1-4H,5,9H2. The highest BCUT2D eigenvalue weighted by Gasteiger charge is 2.03. The van der Waals surface area contributed by atoms with Crippen molar-refractivity contribution in [2.75, 3.05) is 0 Å². The Morgan fingerprint density at radius 1 is 1.33 bits per heavy atom. The molecule has 0 aromatic heterocycles. The summed E-state index contributed by atoms with van der Waals surface area (Å²) in [6.07, 6.45) is 0. The molecule has 4 heteroatoms. The summed E-state index contributed by atoms with van der Waals surface area (Å²) in [5.74, 6) is -0.751. The average Bonchev–Trinajstić information content (AvgIpc) is 2.17. The lowest BCUT2D eigenvalue weighted by Crippen LogP contribution is -1.98. The van der Waals surface area contributed by atoms with Gasteiger partial charge in [0.1, 0.15) is 0 Å². The van der Waals surface area contributed by atoms with Crippen LogP contribution in [-0.2, 0) is 6.54 Å². The van der Waals surface area contributed by atoms with Crippen molar-refractivity contribution in [2.24, 2.45) is 10.9 Å². The van der Waals surface area contributed by atoms with Crippen LogP contribution in [-0.4, -0.2) is 5.91 Å². The van der Waals surface area contributed by atoms with E-state index in [4.69, 9.17) is 5.73 Å². The summed E-state index contributed by atoms with van der Waals surface area (Å²) in [4.78, 5) is 20.5. The summed E-state index contributed by atoms with van der Waals surface area (Å²) in [5.41, 5.74) is 6.55. The van der Waals surface area contributed by atoms with Gasteiger partial charge in [-0.15, -0.1) is 4.91 Å². The zero-order valence-electron chi connectivity index (χ0n) is 6.36. The summed E-state index contributed by atoms with van der Waals surface area (Å²) in [5, 5.41) is 2.29. The lowest BCUT2D eigenvalue weighted by molar-refractivity contribution is 0.100. The molecule has 0 unspecified atom stereocenters. The van der Waals surface area contributed by atoms with Crippen molar-refractivity contribution in [2.45, 2.75) is 6.54 Å². The number of amides is 1. The fourth-order valence-corrected chi connectivity index (χ4v) is 0.836. The van der Waals surface area contributed by atoms with E-state index in [2.05, 4.69) is 5.18 Å². The maximum absolute atomic E-state index is 10.7. The van der Waals surface area contributed by atoms with E-state index in [1.807, 2.05) is 0 Å². The second-order valence-corrected chi connectivity index (χ2v) is 2.30. The van der Waals surface area contributed by atoms with Crippen LogP contribution >= 0.6 is 0 Å². The van der Waals surface area contributed by atoms with Gasteiger partial charge in [-0.05, 0) is 17.7 Å². The van der Waals surface area contributed by atoms with Gasteiger partial charge >= 0.3 is 5.91 Å². The lowest BCUT2D eigenvalue weighted by atomic mass is 10.1. The van der Waals surface area contributed by atoms with Gasteiger partial charge < -0.3 is 5.73 Å². The number of nitrogens with zero attached hydrogens (tertiary/aromatic N) is 1. The fourth-order valence-electron chi connectivity index (χ4n) is 0.836. The van der Waals surface area contributed by atoms with E-state index in [-0.39, 0.29) is 0 Å². The maximum atomic E-state index is 10.7. The molecule has 0 saturated carbocycles. The largest absolute Gasteiger partial charge is 0.326 e. The van der Waals surface area contributed by atoms with Crippen LogP contribution < -0.4 is 5.73 Å². The van der Waals surface area contributed by atoms with Crippen molar-refractivity contribution in [3.63, 3.8) is 0 Å². The molecule has 0 saturated heterocycles. The molecule has 0 aliphatic carbocycles. The van der Waals surface area contributed by atoms with Crippen molar-refractivity contribution < 1.29 is 4.79 Å². The van der Waals surface area contributed by atoms with Crippen LogP contribution in [0.25, 0.3) is 0 Å². The summed E-state index contributed by atoms with van der Waals surface area (Å²) >= 11 is 0. The van der Waals surface area contributed by atoms with Crippen LogP contribution in [0.4, 0.5) is 0 Å². The molecule has 0 radical (unpaired) electrons. The van der Waals surface area contributed by atoms with Crippen LogP contribution in [0.3, 0.4) is 0 Å². The molecule has 62 valence electrons. The summed E-state index contributed by atoms with van der Waals surface area (Å²) in [6, 6.07) is 6.45. The first-order chi connectivity index (χ1) is 5.77. The Balaban J connectivity index is 2.91. The smallest absolute Gasteiger partial charge is 0.316 e. The van der Waals surface area contributed by atoms with Crippen molar-refractivity contribution in [3.05, 3.63) is 40.3 Å². The monoisotopic (exact) mass is 164 g/mol. The highest BCUT2D eigenvalue weighted by Crippen LogP contribution is 2.04. The molecule has 1 aromatic carbocycles. The van der Waals surface area contributed by atoms with Gasteiger partial charge in [-0.25, -0.2) is 0 Å². The van der Waals surface area contributed by atoms with E-state index in [0.29, 0.717) is 12.1 Å². The molecule has 1 aromatic rings. The van der Waals surface area contributed by atoms with Crippen molar-refractivity contribution >= 4 is 5.91 Å². The normalized spacial score (nSPS) is 9.42. The van der Waals surface area contributed by atoms with E-state index >= 15 is 0 Å². The van der Waals surface area contributed by atoms with Gasteiger partial charge in [0.15, 0.2) is 0 Å².